The number of halogens is 1. The van der Waals surface area contributed by atoms with E-state index in [-0.39, 0.29) is 17.9 Å². The molecule has 2 aromatic carbocycles. The smallest absolute Gasteiger partial charge is 0.254 e. The molecule has 2 aliphatic rings. The molecule has 0 aliphatic carbocycles. The van der Waals surface area contributed by atoms with Crippen LogP contribution >= 0.6 is 11.6 Å². The Bertz CT molecular complexity index is 1320. The fourth-order valence-electron chi connectivity index (χ4n) is 4.36. The molecular weight excluding hydrogens is 492 g/mol. The summed E-state index contributed by atoms with van der Waals surface area (Å²) in [4.78, 5) is 30.8. The van der Waals surface area contributed by atoms with Gasteiger partial charge in [0, 0.05) is 49.5 Å². The lowest BCUT2D eigenvalue weighted by atomic mass is 9.99. The van der Waals surface area contributed by atoms with Crippen LogP contribution in [0.1, 0.15) is 21.5 Å². The molecule has 3 N–H and O–H groups in total. The van der Waals surface area contributed by atoms with E-state index < -0.39 is 0 Å². The first-order valence-electron chi connectivity index (χ1n) is 12.1. The average molecular weight is 519 g/mol. The first-order valence-corrected chi connectivity index (χ1v) is 12.5. The second kappa shape index (κ2) is 11.0. The van der Waals surface area contributed by atoms with Crippen molar-refractivity contribution in [2.75, 3.05) is 32.0 Å². The van der Waals surface area contributed by atoms with Crippen molar-refractivity contribution in [3.63, 3.8) is 0 Å². The number of rotatable bonds is 6. The third-order valence-electron chi connectivity index (χ3n) is 6.35. The van der Waals surface area contributed by atoms with E-state index in [0.29, 0.717) is 61.4 Å². The summed E-state index contributed by atoms with van der Waals surface area (Å²) in [6.45, 7) is 2.72. The summed E-state index contributed by atoms with van der Waals surface area (Å²) in [7, 11) is 0. The van der Waals surface area contributed by atoms with Crippen LogP contribution < -0.4 is 15.8 Å². The maximum atomic E-state index is 12.7. The zero-order valence-corrected chi connectivity index (χ0v) is 20.9. The minimum atomic E-state index is -0.291. The van der Waals surface area contributed by atoms with Crippen molar-refractivity contribution in [2.45, 2.75) is 19.1 Å². The number of hydrogen-bond acceptors (Lipinski definition) is 6. The van der Waals surface area contributed by atoms with Gasteiger partial charge in [0.1, 0.15) is 17.7 Å². The average Bonchev–Trinajstić information content (AvgIpc) is 3.35. The van der Waals surface area contributed by atoms with E-state index in [1.807, 2.05) is 47.4 Å². The molecule has 8 nitrogen and oxygen atoms in total. The molecule has 1 fully saturated rings. The number of nitrogens with one attached hydrogen (secondary N) is 1. The van der Waals surface area contributed by atoms with E-state index in [2.05, 4.69) is 10.3 Å². The van der Waals surface area contributed by atoms with Gasteiger partial charge in [0.25, 0.3) is 5.91 Å². The number of morpholine rings is 1. The van der Waals surface area contributed by atoms with Gasteiger partial charge >= 0.3 is 0 Å². The molecule has 2 aliphatic heterocycles. The van der Waals surface area contributed by atoms with E-state index in [9.17, 15) is 9.59 Å². The van der Waals surface area contributed by atoms with Crippen LogP contribution in [0.5, 0.6) is 5.75 Å². The number of fused-ring (bicyclic) bond motifs is 1. The summed E-state index contributed by atoms with van der Waals surface area (Å²) in [5, 5.41) is 3.33. The van der Waals surface area contributed by atoms with Gasteiger partial charge in [-0.3, -0.25) is 9.59 Å². The molecule has 0 radical (unpaired) electrons. The van der Waals surface area contributed by atoms with Crippen LogP contribution in [0.3, 0.4) is 0 Å². The van der Waals surface area contributed by atoms with Crippen LogP contribution in [0.2, 0.25) is 5.02 Å². The Morgan fingerprint density at radius 1 is 1.11 bits per heavy atom. The van der Waals surface area contributed by atoms with Crippen LogP contribution in [-0.4, -0.2) is 54.1 Å². The molecule has 0 spiro atoms. The van der Waals surface area contributed by atoms with Crippen molar-refractivity contribution >= 4 is 29.2 Å². The van der Waals surface area contributed by atoms with Crippen molar-refractivity contribution in [3.05, 3.63) is 88.6 Å². The minimum absolute atomic E-state index is 0.0130. The number of anilines is 1. The molecule has 3 aromatic rings. The van der Waals surface area contributed by atoms with Gasteiger partial charge in [-0.15, -0.1) is 0 Å². The second-order valence-electron chi connectivity index (χ2n) is 8.96. The fourth-order valence-corrected chi connectivity index (χ4v) is 4.64. The van der Waals surface area contributed by atoms with Crippen LogP contribution in [0.15, 0.2) is 66.9 Å². The van der Waals surface area contributed by atoms with Crippen molar-refractivity contribution in [1.29, 1.82) is 0 Å². The van der Waals surface area contributed by atoms with Gasteiger partial charge in [0.05, 0.1) is 18.2 Å². The lowest BCUT2D eigenvalue weighted by Crippen LogP contribution is -2.40. The highest BCUT2D eigenvalue weighted by Crippen LogP contribution is 2.40. The number of carbonyl (C=O) groups is 2. The topological polar surface area (TPSA) is 107 Å². The minimum Gasteiger partial charge on any atom is -0.484 e. The number of amides is 2. The Kier molecular flexibility index (Phi) is 7.39. The Morgan fingerprint density at radius 2 is 1.89 bits per heavy atom. The van der Waals surface area contributed by atoms with E-state index in [4.69, 9.17) is 26.8 Å². The normalized spacial score (nSPS) is 16.9. The number of ether oxygens (including phenoxy) is 2. The third-order valence-corrected chi connectivity index (χ3v) is 6.63. The van der Waals surface area contributed by atoms with Crippen LogP contribution in [0.25, 0.3) is 11.1 Å². The van der Waals surface area contributed by atoms with E-state index >= 15 is 0 Å². The Balaban J connectivity index is 1.21. The lowest BCUT2D eigenvalue weighted by molar-refractivity contribution is -0.116. The largest absolute Gasteiger partial charge is 0.484 e. The van der Waals surface area contributed by atoms with Gasteiger partial charge in [-0.1, -0.05) is 29.8 Å². The molecule has 9 heteroatoms. The molecule has 1 atom stereocenters. The number of nitrogens with zero attached hydrogens (tertiary/aromatic N) is 2. The first kappa shape index (κ1) is 24.8. The molecule has 3 heterocycles. The van der Waals surface area contributed by atoms with Gasteiger partial charge in [-0.25, -0.2) is 4.98 Å². The predicted octanol–water partition coefficient (Wildman–Crippen LogP) is 3.63. The van der Waals surface area contributed by atoms with E-state index in [1.165, 1.54) is 6.08 Å². The highest BCUT2D eigenvalue weighted by Gasteiger charge is 2.25. The predicted molar refractivity (Wildman–Crippen MR) is 141 cm³/mol. The molecule has 0 bridgehead atoms. The summed E-state index contributed by atoms with van der Waals surface area (Å²) in [5.41, 5.74) is 9.96. The third kappa shape index (κ3) is 5.93. The quantitative estimate of drug-likeness (QED) is 0.483. The number of carbonyl (C=O) groups excluding carboxylic acids is 2. The summed E-state index contributed by atoms with van der Waals surface area (Å²) in [6, 6.07) is 15.0. The summed E-state index contributed by atoms with van der Waals surface area (Å²) >= 11 is 6.55. The number of aromatic nitrogens is 1. The van der Waals surface area contributed by atoms with Crippen molar-refractivity contribution < 1.29 is 19.1 Å². The highest BCUT2D eigenvalue weighted by molar-refractivity contribution is 6.32. The van der Waals surface area contributed by atoms with Crippen molar-refractivity contribution in [3.8, 4) is 16.9 Å². The number of nitrogens with two attached hydrogens (primary N) is 1. The summed E-state index contributed by atoms with van der Waals surface area (Å²) in [5.74, 6) is 0.854. The van der Waals surface area contributed by atoms with E-state index in [0.717, 1.165) is 22.3 Å². The van der Waals surface area contributed by atoms with Gasteiger partial charge in [-0.2, -0.15) is 0 Å². The number of nitrogen functional groups attached to an aromatic ring is 1. The highest BCUT2D eigenvalue weighted by atomic mass is 35.5. The van der Waals surface area contributed by atoms with Crippen LogP contribution in [0.4, 0.5) is 5.82 Å². The summed E-state index contributed by atoms with van der Waals surface area (Å²) < 4.78 is 11.3. The SMILES string of the molecule is Nc1ccc(CNC(=O)C=CC2Cc3cc(-c4ccc(C(=O)N5CCOCC5)cc4)cc(Cl)c3O2)cn1. The van der Waals surface area contributed by atoms with Gasteiger partial charge in [0.2, 0.25) is 5.91 Å². The molecule has 37 heavy (non-hydrogen) atoms. The number of benzene rings is 2. The van der Waals surface area contributed by atoms with Crippen LogP contribution in [0, 0.1) is 0 Å². The van der Waals surface area contributed by atoms with Crippen molar-refractivity contribution in [2.24, 2.45) is 0 Å². The fraction of sp³-hybridized carbons (Fsp3) is 0.250. The molecular formula is C28H27ClN4O4. The zero-order chi connectivity index (χ0) is 25.8. The molecule has 1 unspecified atom stereocenters. The first-order chi connectivity index (χ1) is 18.0. The van der Waals surface area contributed by atoms with Gasteiger partial charge in [0.15, 0.2) is 0 Å². The lowest BCUT2D eigenvalue weighted by Gasteiger charge is -2.26. The van der Waals surface area contributed by atoms with E-state index in [1.54, 1.807) is 18.3 Å². The molecule has 190 valence electrons. The summed E-state index contributed by atoms with van der Waals surface area (Å²) in [6.07, 6.45) is 5.15. The molecule has 0 saturated carbocycles. The maximum absolute atomic E-state index is 12.7. The zero-order valence-electron chi connectivity index (χ0n) is 20.2. The standard InChI is InChI=1S/C28H27ClN4O4/c29-24-15-21(19-2-4-20(5-3-19)28(35)33-9-11-36-12-10-33)13-22-14-23(37-27(22)24)6-8-26(34)32-17-18-1-7-25(30)31-16-18/h1-8,13,15-16,23H,9-12,14,17H2,(H2,30,31)(H,32,34). The number of pyridine rings is 1. The molecule has 1 saturated heterocycles. The molecule has 2 amide bonds. The number of hydrogen-bond donors (Lipinski definition) is 2. The Hall–Kier alpha value is -3.88. The van der Waals surface area contributed by atoms with Crippen molar-refractivity contribution in [1.82, 2.24) is 15.2 Å². The second-order valence-corrected chi connectivity index (χ2v) is 9.36. The monoisotopic (exact) mass is 518 g/mol. The Labute approximate surface area is 220 Å². The maximum Gasteiger partial charge on any atom is 0.254 e. The van der Waals surface area contributed by atoms with Gasteiger partial charge < -0.3 is 25.4 Å². The Morgan fingerprint density at radius 3 is 2.62 bits per heavy atom. The van der Waals surface area contributed by atoms with Gasteiger partial charge in [-0.05, 0) is 53.1 Å². The molecule has 1 aromatic heterocycles. The van der Waals surface area contributed by atoms with Crippen LogP contribution in [-0.2, 0) is 22.5 Å². The molecule has 5 rings (SSSR count).